The number of imidazole rings is 1. The molecule has 2 saturated heterocycles. The lowest BCUT2D eigenvalue weighted by Gasteiger charge is -2.33. The second-order valence-corrected chi connectivity index (χ2v) is 6.86. The zero-order chi connectivity index (χ0) is 17.0. The van der Waals surface area contributed by atoms with Gasteiger partial charge in [-0.3, -0.25) is 4.79 Å². The van der Waals surface area contributed by atoms with Crippen molar-refractivity contribution in [3.8, 4) is 0 Å². The Hall–Kier alpha value is -1.44. The number of carbonyl (C=O) groups excluding carboxylic acids is 1. The van der Waals surface area contributed by atoms with Gasteiger partial charge < -0.3 is 24.5 Å². The van der Waals surface area contributed by atoms with E-state index in [1.807, 2.05) is 17.8 Å². The van der Waals surface area contributed by atoms with Crippen LogP contribution in [0, 0.1) is 5.92 Å². The number of aromatic nitrogens is 2. The fourth-order valence-electron chi connectivity index (χ4n) is 3.54. The summed E-state index contributed by atoms with van der Waals surface area (Å²) >= 11 is 0. The summed E-state index contributed by atoms with van der Waals surface area (Å²) < 4.78 is 13.1. The van der Waals surface area contributed by atoms with E-state index in [0.717, 1.165) is 31.5 Å². The van der Waals surface area contributed by atoms with Gasteiger partial charge in [-0.1, -0.05) is 0 Å². The molecule has 2 aliphatic rings. The number of rotatable bonds is 5. The molecule has 0 spiro atoms. The summed E-state index contributed by atoms with van der Waals surface area (Å²) in [5.41, 5.74) is -0.812. The van der Waals surface area contributed by atoms with Gasteiger partial charge in [0.2, 0.25) is 5.91 Å². The molecule has 1 aromatic heterocycles. The summed E-state index contributed by atoms with van der Waals surface area (Å²) in [4.78, 5) is 17.0. The summed E-state index contributed by atoms with van der Waals surface area (Å²) in [5.74, 6) is 0.522. The first-order valence-corrected chi connectivity index (χ1v) is 8.76. The molecular formula is C17H27N3O4. The quantitative estimate of drug-likeness (QED) is 0.835. The van der Waals surface area contributed by atoms with Crippen LogP contribution in [0.2, 0.25) is 0 Å². The highest BCUT2D eigenvalue weighted by Gasteiger charge is 2.36. The van der Waals surface area contributed by atoms with E-state index < -0.39 is 5.60 Å². The molecule has 134 valence electrons. The smallest absolute Gasteiger partial charge is 0.226 e. The van der Waals surface area contributed by atoms with Gasteiger partial charge in [-0.2, -0.15) is 0 Å². The maximum atomic E-state index is 12.6. The van der Waals surface area contributed by atoms with E-state index >= 15 is 0 Å². The molecule has 3 heterocycles. The number of hydrogen-bond donors (Lipinski definition) is 2. The van der Waals surface area contributed by atoms with Gasteiger partial charge in [-0.05, 0) is 32.1 Å². The summed E-state index contributed by atoms with van der Waals surface area (Å²) in [6, 6.07) is 0. The zero-order valence-corrected chi connectivity index (χ0v) is 14.2. The Morgan fingerprint density at radius 1 is 1.50 bits per heavy atom. The minimum atomic E-state index is -0.812. The van der Waals surface area contributed by atoms with E-state index in [2.05, 4.69) is 10.3 Å². The molecule has 0 radical (unpaired) electrons. The number of ether oxygens (including phenoxy) is 2. The summed E-state index contributed by atoms with van der Waals surface area (Å²) in [6.45, 7) is 2.16. The third-order valence-electron chi connectivity index (χ3n) is 4.96. The zero-order valence-electron chi connectivity index (χ0n) is 14.2. The van der Waals surface area contributed by atoms with Crippen molar-refractivity contribution in [2.45, 2.75) is 43.8 Å². The molecule has 2 fully saturated rings. The highest BCUT2D eigenvalue weighted by Crippen LogP contribution is 2.32. The Bertz CT molecular complexity index is 554. The number of nitrogens with zero attached hydrogens (tertiary/aromatic N) is 2. The molecule has 1 unspecified atom stereocenters. The molecule has 0 saturated carbocycles. The van der Waals surface area contributed by atoms with Gasteiger partial charge in [0.15, 0.2) is 0 Å². The largest absolute Gasteiger partial charge is 0.387 e. The average Bonchev–Trinajstić information content (AvgIpc) is 3.01. The molecule has 7 heteroatoms. The summed E-state index contributed by atoms with van der Waals surface area (Å²) in [7, 11) is 1.91. The first-order valence-electron chi connectivity index (χ1n) is 8.76. The van der Waals surface area contributed by atoms with Crippen molar-refractivity contribution in [1.29, 1.82) is 0 Å². The van der Waals surface area contributed by atoms with E-state index in [-0.39, 0.29) is 17.9 Å². The van der Waals surface area contributed by atoms with Crippen LogP contribution in [0.1, 0.15) is 44.0 Å². The maximum Gasteiger partial charge on any atom is 0.226 e. The van der Waals surface area contributed by atoms with Gasteiger partial charge in [-0.15, -0.1) is 0 Å². The summed E-state index contributed by atoms with van der Waals surface area (Å²) in [5, 5.41) is 13.4. The fourth-order valence-corrected chi connectivity index (χ4v) is 3.54. The van der Waals surface area contributed by atoms with E-state index in [0.29, 0.717) is 32.8 Å². The van der Waals surface area contributed by atoms with E-state index in [4.69, 9.17) is 9.47 Å². The molecule has 2 aliphatic heterocycles. The van der Waals surface area contributed by atoms with Crippen molar-refractivity contribution in [1.82, 2.24) is 14.9 Å². The monoisotopic (exact) mass is 337 g/mol. The van der Waals surface area contributed by atoms with Crippen LogP contribution in [0.4, 0.5) is 0 Å². The van der Waals surface area contributed by atoms with Gasteiger partial charge in [0.05, 0.1) is 18.1 Å². The number of aliphatic hydroxyl groups is 1. The van der Waals surface area contributed by atoms with E-state index in [1.165, 1.54) is 0 Å². The lowest BCUT2D eigenvalue weighted by molar-refractivity contribution is -0.136. The molecule has 1 amide bonds. The SMILES string of the molecule is Cn1ccnc1[C@@H]1OCCC[C@H]1C(=O)NCCC1(O)CCCOC1. The van der Waals surface area contributed by atoms with Crippen molar-refractivity contribution < 1.29 is 19.4 Å². The Morgan fingerprint density at radius 2 is 2.38 bits per heavy atom. The minimum absolute atomic E-state index is 0.0250. The minimum Gasteiger partial charge on any atom is -0.387 e. The molecule has 2 N–H and O–H groups in total. The molecule has 0 aliphatic carbocycles. The van der Waals surface area contributed by atoms with Gasteiger partial charge in [0, 0.05) is 39.2 Å². The predicted molar refractivity (Wildman–Crippen MR) is 87.3 cm³/mol. The first kappa shape index (κ1) is 17.4. The van der Waals surface area contributed by atoms with Crippen LogP contribution in [-0.4, -0.2) is 52.5 Å². The molecule has 3 atom stereocenters. The fraction of sp³-hybridized carbons (Fsp3) is 0.765. The Balaban J connectivity index is 1.55. The maximum absolute atomic E-state index is 12.6. The Kier molecular flexibility index (Phi) is 5.53. The summed E-state index contributed by atoms with van der Waals surface area (Å²) in [6.07, 6.45) is 7.04. The molecule has 3 rings (SSSR count). The van der Waals surface area contributed by atoms with Crippen molar-refractivity contribution in [2.24, 2.45) is 13.0 Å². The number of carbonyl (C=O) groups is 1. The highest BCUT2D eigenvalue weighted by atomic mass is 16.5. The molecule has 7 nitrogen and oxygen atoms in total. The third kappa shape index (κ3) is 3.96. The second-order valence-electron chi connectivity index (χ2n) is 6.86. The lowest BCUT2D eigenvalue weighted by Crippen LogP contribution is -2.44. The van der Waals surface area contributed by atoms with Crippen LogP contribution >= 0.6 is 0 Å². The van der Waals surface area contributed by atoms with Gasteiger partial charge in [0.25, 0.3) is 0 Å². The van der Waals surface area contributed by atoms with Gasteiger partial charge >= 0.3 is 0 Å². The van der Waals surface area contributed by atoms with E-state index in [9.17, 15) is 9.90 Å². The molecule has 0 bridgehead atoms. The van der Waals surface area contributed by atoms with Crippen LogP contribution in [0.3, 0.4) is 0 Å². The van der Waals surface area contributed by atoms with Gasteiger partial charge in [-0.25, -0.2) is 4.98 Å². The van der Waals surface area contributed by atoms with Crippen LogP contribution in [0.15, 0.2) is 12.4 Å². The molecule has 1 aromatic rings. The highest BCUT2D eigenvalue weighted by molar-refractivity contribution is 5.79. The van der Waals surface area contributed by atoms with Crippen molar-refractivity contribution in [2.75, 3.05) is 26.4 Å². The van der Waals surface area contributed by atoms with Crippen LogP contribution in [-0.2, 0) is 21.3 Å². The lowest BCUT2D eigenvalue weighted by atomic mass is 9.91. The molecule has 24 heavy (non-hydrogen) atoms. The van der Waals surface area contributed by atoms with Gasteiger partial charge in [0.1, 0.15) is 11.9 Å². The normalized spacial score (nSPS) is 30.9. The predicted octanol–water partition coefficient (Wildman–Crippen LogP) is 0.936. The van der Waals surface area contributed by atoms with Crippen LogP contribution in [0.25, 0.3) is 0 Å². The molecule has 0 aromatic carbocycles. The number of hydrogen-bond acceptors (Lipinski definition) is 5. The van der Waals surface area contributed by atoms with Crippen molar-refractivity contribution in [3.05, 3.63) is 18.2 Å². The third-order valence-corrected chi connectivity index (χ3v) is 4.96. The topological polar surface area (TPSA) is 85.6 Å². The second kappa shape index (κ2) is 7.63. The van der Waals surface area contributed by atoms with Crippen molar-refractivity contribution >= 4 is 5.91 Å². The first-order chi connectivity index (χ1) is 11.6. The molecular weight excluding hydrogens is 310 g/mol. The standard InChI is InChI=1S/C17H27N3O4/c1-20-9-8-18-15(20)14-13(4-2-11-24-14)16(21)19-7-6-17(22)5-3-10-23-12-17/h8-9,13-14,22H,2-7,10-12H2,1H3,(H,19,21)/t13-,14-,17?/m1/s1. The van der Waals surface area contributed by atoms with Crippen LogP contribution in [0.5, 0.6) is 0 Å². The Labute approximate surface area is 142 Å². The van der Waals surface area contributed by atoms with E-state index in [1.54, 1.807) is 6.20 Å². The number of aryl methyl sites for hydroxylation is 1. The number of amides is 1. The van der Waals surface area contributed by atoms with Crippen molar-refractivity contribution in [3.63, 3.8) is 0 Å². The average molecular weight is 337 g/mol. The number of nitrogens with one attached hydrogen (secondary N) is 1. The Morgan fingerprint density at radius 3 is 3.08 bits per heavy atom. The van der Waals surface area contributed by atoms with Crippen LogP contribution < -0.4 is 5.32 Å².